The molecule has 0 saturated heterocycles. The van der Waals surface area contributed by atoms with Gasteiger partial charge in [-0.15, -0.1) is 0 Å². The second-order valence-electron chi connectivity index (χ2n) is 4.30. The second-order valence-corrected chi connectivity index (χ2v) is 4.30. The van der Waals surface area contributed by atoms with Gasteiger partial charge in [0.05, 0.1) is 5.69 Å². The third-order valence-electron chi connectivity index (χ3n) is 3.17. The van der Waals surface area contributed by atoms with Gasteiger partial charge in [0.15, 0.2) is 0 Å². The predicted molar refractivity (Wildman–Crippen MR) is 70.5 cm³/mol. The van der Waals surface area contributed by atoms with E-state index in [9.17, 15) is 0 Å². The summed E-state index contributed by atoms with van der Waals surface area (Å²) in [6.45, 7) is 4.17. The SMILES string of the molecule is Cc1ccc2ccccc2c1-n1ccnc1C. The molecule has 2 heteroatoms. The molecule has 3 rings (SSSR count). The van der Waals surface area contributed by atoms with Crippen LogP contribution in [0.3, 0.4) is 0 Å². The minimum absolute atomic E-state index is 1.02. The van der Waals surface area contributed by atoms with E-state index in [1.54, 1.807) is 0 Å². The molecular weight excluding hydrogens is 208 g/mol. The Morgan fingerprint density at radius 3 is 2.59 bits per heavy atom. The lowest BCUT2D eigenvalue weighted by Gasteiger charge is -2.12. The highest BCUT2D eigenvalue weighted by Gasteiger charge is 2.08. The molecule has 0 spiro atoms. The molecular formula is C15H14N2. The third kappa shape index (κ3) is 1.53. The maximum absolute atomic E-state index is 4.30. The Kier molecular flexibility index (Phi) is 2.22. The summed E-state index contributed by atoms with van der Waals surface area (Å²) in [4.78, 5) is 4.30. The van der Waals surface area contributed by atoms with E-state index in [-0.39, 0.29) is 0 Å². The molecule has 0 aliphatic rings. The number of fused-ring (bicyclic) bond motifs is 1. The van der Waals surface area contributed by atoms with E-state index in [0.29, 0.717) is 0 Å². The van der Waals surface area contributed by atoms with Crippen molar-refractivity contribution in [3.8, 4) is 5.69 Å². The molecule has 0 aliphatic heterocycles. The van der Waals surface area contributed by atoms with Crippen molar-refractivity contribution in [2.24, 2.45) is 0 Å². The highest BCUT2D eigenvalue weighted by molar-refractivity contribution is 5.91. The average Bonchev–Trinajstić information content (AvgIpc) is 2.75. The molecule has 0 N–H and O–H groups in total. The van der Waals surface area contributed by atoms with Gasteiger partial charge in [-0.05, 0) is 24.8 Å². The third-order valence-corrected chi connectivity index (χ3v) is 3.17. The van der Waals surface area contributed by atoms with Crippen molar-refractivity contribution in [3.63, 3.8) is 0 Å². The first kappa shape index (κ1) is 10.1. The van der Waals surface area contributed by atoms with Crippen molar-refractivity contribution in [1.82, 2.24) is 9.55 Å². The van der Waals surface area contributed by atoms with Crippen LogP contribution in [0.1, 0.15) is 11.4 Å². The molecule has 0 amide bonds. The zero-order valence-electron chi connectivity index (χ0n) is 10.0. The van der Waals surface area contributed by atoms with Crippen LogP contribution in [0, 0.1) is 13.8 Å². The molecule has 1 heterocycles. The van der Waals surface area contributed by atoms with Gasteiger partial charge in [-0.1, -0.05) is 36.4 Å². The average molecular weight is 222 g/mol. The number of hydrogen-bond donors (Lipinski definition) is 0. The molecule has 17 heavy (non-hydrogen) atoms. The molecule has 0 atom stereocenters. The van der Waals surface area contributed by atoms with Gasteiger partial charge in [-0.2, -0.15) is 0 Å². The molecule has 0 bridgehead atoms. The molecule has 0 fully saturated rings. The van der Waals surface area contributed by atoms with E-state index in [1.807, 2.05) is 19.3 Å². The van der Waals surface area contributed by atoms with Gasteiger partial charge < -0.3 is 4.57 Å². The molecule has 3 aromatic rings. The molecule has 84 valence electrons. The molecule has 0 aliphatic carbocycles. The standard InChI is InChI=1S/C15H14N2/c1-11-7-8-13-5-3-4-6-14(13)15(11)17-10-9-16-12(17)2/h3-10H,1-2H3. The highest BCUT2D eigenvalue weighted by Crippen LogP contribution is 2.26. The zero-order valence-corrected chi connectivity index (χ0v) is 10.0. The van der Waals surface area contributed by atoms with E-state index in [1.165, 1.54) is 22.0 Å². The number of nitrogens with zero attached hydrogens (tertiary/aromatic N) is 2. The topological polar surface area (TPSA) is 17.8 Å². The van der Waals surface area contributed by atoms with Crippen molar-refractivity contribution >= 4 is 10.8 Å². The van der Waals surface area contributed by atoms with Gasteiger partial charge in [-0.3, -0.25) is 0 Å². The van der Waals surface area contributed by atoms with Gasteiger partial charge in [0.2, 0.25) is 0 Å². The summed E-state index contributed by atoms with van der Waals surface area (Å²) in [6, 6.07) is 12.8. The normalized spacial score (nSPS) is 10.9. The van der Waals surface area contributed by atoms with Crippen LogP contribution in [0.25, 0.3) is 16.5 Å². The maximum Gasteiger partial charge on any atom is 0.110 e. The number of aryl methyl sites for hydroxylation is 2. The quantitative estimate of drug-likeness (QED) is 0.614. The van der Waals surface area contributed by atoms with Gasteiger partial charge in [0.1, 0.15) is 5.82 Å². The first-order chi connectivity index (χ1) is 8.27. The van der Waals surface area contributed by atoms with Gasteiger partial charge >= 0.3 is 0 Å². The maximum atomic E-state index is 4.30. The van der Waals surface area contributed by atoms with E-state index in [2.05, 4.69) is 52.9 Å². The molecule has 0 saturated carbocycles. The minimum Gasteiger partial charge on any atom is -0.303 e. The van der Waals surface area contributed by atoms with Crippen LogP contribution in [0.2, 0.25) is 0 Å². The lowest BCUT2D eigenvalue weighted by molar-refractivity contribution is 0.973. The Morgan fingerprint density at radius 1 is 1.00 bits per heavy atom. The summed E-state index contributed by atoms with van der Waals surface area (Å²) in [7, 11) is 0. The van der Waals surface area contributed by atoms with Crippen LogP contribution < -0.4 is 0 Å². The van der Waals surface area contributed by atoms with Crippen LogP contribution in [0.5, 0.6) is 0 Å². The van der Waals surface area contributed by atoms with Crippen molar-refractivity contribution in [3.05, 3.63) is 60.2 Å². The number of benzene rings is 2. The van der Waals surface area contributed by atoms with E-state index in [0.717, 1.165) is 5.82 Å². The monoisotopic (exact) mass is 222 g/mol. The number of imidazole rings is 1. The van der Waals surface area contributed by atoms with Crippen molar-refractivity contribution in [2.45, 2.75) is 13.8 Å². The van der Waals surface area contributed by atoms with Crippen LogP contribution in [0.4, 0.5) is 0 Å². The minimum atomic E-state index is 1.02. The van der Waals surface area contributed by atoms with Crippen LogP contribution in [-0.2, 0) is 0 Å². The Balaban J connectivity index is 2.42. The smallest absolute Gasteiger partial charge is 0.110 e. The fourth-order valence-corrected chi connectivity index (χ4v) is 2.30. The largest absolute Gasteiger partial charge is 0.303 e. The molecule has 2 aromatic carbocycles. The lowest BCUT2D eigenvalue weighted by atomic mass is 10.0. The molecule has 2 nitrogen and oxygen atoms in total. The summed E-state index contributed by atoms with van der Waals surface area (Å²) in [5.74, 6) is 1.02. The van der Waals surface area contributed by atoms with E-state index >= 15 is 0 Å². The fourth-order valence-electron chi connectivity index (χ4n) is 2.30. The van der Waals surface area contributed by atoms with Crippen molar-refractivity contribution in [2.75, 3.05) is 0 Å². The first-order valence-corrected chi connectivity index (χ1v) is 5.76. The summed E-state index contributed by atoms with van der Waals surface area (Å²) in [5.41, 5.74) is 2.50. The summed E-state index contributed by atoms with van der Waals surface area (Å²) >= 11 is 0. The second kappa shape index (κ2) is 3.74. The predicted octanol–water partition coefficient (Wildman–Crippen LogP) is 3.64. The number of rotatable bonds is 1. The Morgan fingerprint density at radius 2 is 1.82 bits per heavy atom. The van der Waals surface area contributed by atoms with E-state index in [4.69, 9.17) is 0 Å². The van der Waals surface area contributed by atoms with Crippen LogP contribution in [-0.4, -0.2) is 9.55 Å². The fraction of sp³-hybridized carbons (Fsp3) is 0.133. The van der Waals surface area contributed by atoms with E-state index < -0.39 is 0 Å². The Labute approximate surface area is 101 Å². The first-order valence-electron chi connectivity index (χ1n) is 5.76. The summed E-state index contributed by atoms with van der Waals surface area (Å²) in [5, 5.41) is 2.54. The van der Waals surface area contributed by atoms with Gasteiger partial charge in [0, 0.05) is 17.8 Å². The molecule has 0 radical (unpaired) electrons. The van der Waals surface area contributed by atoms with Crippen molar-refractivity contribution in [1.29, 1.82) is 0 Å². The van der Waals surface area contributed by atoms with Crippen LogP contribution in [0.15, 0.2) is 48.8 Å². The Bertz CT molecular complexity index is 680. The van der Waals surface area contributed by atoms with Gasteiger partial charge in [-0.25, -0.2) is 4.98 Å². The summed E-state index contributed by atoms with van der Waals surface area (Å²) in [6.07, 6.45) is 3.86. The number of aromatic nitrogens is 2. The van der Waals surface area contributed by atoms with Gasteiger partial charge in [0.25, 0.3) is 0 Å². The lowest BCUT2D eigenvalue weighted by Crippen LogP contribution is -1.99. The summed E-state index contributed by atoms with van der Waals surface area (Å²) < 4.78 is 2.15. The Hall–Kier alpha value is -2.09. The molecule has 1 aromatic heterocycles. The molecule has 0 unspecified atom stereocenters. The number of hydrogen-bond acceptors (Lipinski definition) is 1. The van der Waals surface area contributed by atoms with Crippen LogP contribution >= 0.6 is 0 Å². The zero-order chi connectivity index (χ0) is 11.8. The highest BCUT2D eigenvalue weighted by atomic mass is 15.1. The van der Waals surface area contributed by atoms with Crippen molar-refractivity contribution < 1.29 is 0 Å².